The Kier molecular flexibility index (Phi) is 6.78. The quantitative estimate of drug-likeness (QED) is 0.159. The molecule has 1 fully saturated rings. The largest absolute Gasteiger partial charge is 0.480 e. The summed E-state index contributed by atoms with van der Waals surface area (Å²) >= 11 is 0. The van der Waals surface area contributed by atoms with E-state index in [0.717, 1.165) is 15.8 Å². The fourth-order valence-electron chi connectivity index (χ4n) is 2.74. The number of imidazole rings is 1. The van der Waals surface area contributed by atoms with Crippen LogP contribution in [0.2, 0.25) is 0 Å². The lowest BCUT2D eigenvalue weighted by Crippen LogP contribution is -2.33. The van der Waals surface area contributed by atoms with E-state index >= 15 is 0 Å². The minimum atomic E-state index is -5.48. The molecule has 3 heterocycles. The molecule has 0 aliphatic carbocycles. The van der Waals surface area contributed by atoms with Gasteiger partial charge in [-0.3, -0.25) is 18.9 Å². The Hall–Kier alpha value is -1.56. The number of aliphatic hydroxyl groups is 2. The molecular weight excluding hydrogens is 505 g/mol. The molecule has 0 saturated carbocycles. The van der Waals surface area contributed by atoms with E-state index in [-0.39, 0.29) is 17.1 Å². The summed E-state index contributed by atoms with van der Waals surface area (Å²) in [6, 6.07) is 0. The molecule has 0 aromatic carbocycles. The molecule has 0 radical (unpaired) electrons. The first-order valence-corrected chi connectivity index (χ1v) is 12.9. The SMILES string of the molecule is Nc1nc2c(ncn2[C@@H]2O[C@@H](COP(=O)(O)OP(=O)(O)NP(=O)(O)O)[C@@H](O)[C@@H]2O)c(=O)[nH]1. The van der Waals surface area contributed by atoms with Gasteiger partial charge in [-0.1, -0.05) is 0 Å². The summed E-state index contributed by atoms with van der Waals surface area (Å²) in [6.07, 6.45) is -5.26. The number of rotatable bonds is 8. The topological polar surface area (TPSA) is 302 Å². The zero-order valence-electron chi connectivity index (χ0n) is 15.4. The second-order valence-corrected chi connectivity index (χ2v) is 11.1. The van der Waals surface area contributed by atoms with Crippen LogP contribution in [-0.2, 0) is 27.3 Å². The second kappa shape index (κ2) is 8.66. The molecule has 0 amide bonds. The van der Waals surface area contributed by atoms with Crippen molar-refractivity contribution in [2.45, 2.75) is 24.5 Å². The molecule has 180 valence electrons. The molecule has 0 bridgehead atoms. The van der Waals surface area contributed by atoms with E-state index in [4.69, 9.17) is 20.3 Å². The van der Waals surface area contributed by atoms with E-state index in [2.05, 4.69) is 23.8 Å². The van der Waals surface area contributed by atoms with Crippen LogP contribution in [0, 0.1) is 0 Å². The Morgan fingerprint density at radius 3 is 2.50 bits per heavy atom. The van der Waals surface area contributed by atoms with Crippen molar-refractivity contribution < 1.29 is 57.1 Å². The Balaban J connectivity index is 1.72. The van der Waals surface area contributed by atoms with E-state index in [1.54, 1.807) is 0 Å². The number of H-pyrrole nitrogens is 1. The van der Waals surface area contributed by atoms with Crippen LogP contribution in [0.3, 0.4) is 0 Å². The van der Waals surface area contributed by atoms with Gasteiger partial charge in [0.1, 0.15) is 18.3 Å². The minimum Gasteiger partial charge on any atom is -0.387 e. The van der Waals surface area contributed by atoms with Crippen LogP contribution in [0.5, 0.6) is 0 Å². The standard InChI is InChI=1S/C10H17N6O13P3/c11-10-13-7-4(8(19)14-10)12-2-16(7)9-6(18)5(17)3(28-9)1-27-32(25,26)29-31(23,24)15-30(20,21)22/h2-3,5-6,9,17-18H,1H2,(H,25,26)(H3,11,13,14,19)(H4,15,20,21,22,23,24)/t3-,5+,6-,9+/m0/s1. The lowest BCUT2D eigenvalue weighted by molar-refractivity contribution is -0.0501. The van der Waals surface area contributed by atoms with Gasteiger partial charge in [0, 0.05) is 0 Å². The molecule has 0 spiro atoms. The Bertz CT molecular complexity index is 1210. The summed E-state index contributed by atoms with van der Waals surface area (Å²) < 4.78 is 48.7. The number of phosphoric ester groups is 1. The molecule has 2 aromatic rings. The van der Waals surface area contributed by atoms with Crippen molar-refractivity contribution in [1.82, 2.24) is 24.4 Å². The van der Waals surface area contributed by atoms with Crippen LogP contribution in [0.4, 0.5) is 5.95 Å². The summed E-state index contributed by atoms with van der Waals surface area (Å²) in [4.78, 5) is 58.5. The fraction of sp³-hybridized carbons (Fsp3) is 0.500. The predicted octanol–water partition coefficient (Wildman–Crippen LogP) is -2.76. The maximum absolute atomic E-state index is 11.9. The number of anilines is 1. The normalized spacial score (nSPS) is 27.9. The third-order valence-electron chi connectivity index (χ3n) is 3.93. The highest BCUT2D eigenvalue weighted by Crippen LogP contribution is 2.61. The molecule has 2 aromatic heterocycles. The molecule has 32 heavy (non-hydrogen) atoms. The number of phosphoric acid groups is 1. The predicted molar refractivity (Wildman–Crippen MR) is 100 cm³/mol. The van der Waals surface area contributed by atoms with Gasteiger partial charge in [0.05, 0.1) is 12.9 Å². The number of nitrogens with zero attached hydrogens (tertiary/aromatic N) is 3. The zero-order valence-corrected chi connectivity index (χ0v) is 18.1. The van der Waals surface area contributed by atoms with Crippen LogP contribution in [0.15, 0.2) is 11.1 Å². The van der Waals surface area contributed by atoms with E-state index < -0.39 is 60.0 Å². The lowest BCUT2D eigenvalue weighted by Gasteiger charge is -2.19. The van der Waals surface area contributed by atoms with Crippen molar-refractivity contribution in [3.8, 4) is 0 Å². The summed E-state index contributed by atoms with van der Waals surface area (Å²) in [6.45, 7) is -0.985. The number of aliphatic hydroxyl groups excluding tert-OH is 2. The average molecular weight is 522 g/mol. The van der Waals surface area contributed by atoms with Crippen LogP contribution in [0.25, 0.3) is 11.2 Å². The van der Waals surface area contributed by atoms with Crippen molar-refractivity contribution in [1.29, 1.82) is 0 Å². The molecule has 3 rings (SSSR count). The van der Waals surface area contributed by atoms with Gasteiger partial charge < -0.3 is 40.3 Å². The van der Waals surface area contributed by atoms with Gasteiger partial charge in [0.15, 0.2) is 17.4 Å². The maximum Gasteiger partial charge on any atom is 0.480 e. The average Bonchev–Trinajstić information content (AvgIpc) is 3.12. The van der Waals surface area contributed by atoms with Crippen LogP contribution in [-0.4, -0.2) is 74.2 Å². The van der Waals surface area contributed by atoms with Crippen molar-refractivity contribution >= 4 is 40.4 Å². The van der Waals surface area contributed by atoms with Gasteiger partial charge in [-0.25, -0.2) is 18.7 Å². The molecule has 1 aliphatic heterocycles. The highest BCUT2D eigenvalue weighted by Gasteiger charge is 2.46. The Labute approximate surface area is 176 Å². The maximum atomic E-state index is 11.9. The number of aromatic nitrogens is 4. The third-order valence-corrected chi connectivity index (χ3v) is 8.17. The number of hydrogen-bond acceptors (Lipinski definition) is 12. The van der Waals surface area contributed by atoms with Crippen LogP contribution in [0.1, 0.15) is 6.23 Å². The van der Waals surface area contributed by atoms with Crippen LogP contribution < -0.4 is 16.2 Å². The van der Waals surface area contributed by atoms with E-state index in [1.165, 1.54) is 0 Å². The second-order valence-electron chi connectivity index (χ2n) is 6.33. The van der Waals surface area contributed by atoms with E-state index in [9.17, 15) is 38.5 Å². The number of hydrogen-bond donors (Lipinski definition) is 9. The smallest absolute Gasteiger partial charge is 0.387 e. The van der Waals surface area contributed by atoms with Crippen LogP contribution >= 0.6 is 23.3 Å². The highest BCUT2D eigenvalue weighted by atomic mass is 31.3. The molecule has 1 saturated heterocycles. The summed E-state index contributed by atoms with van der Waals surface area (Å²) in [5.74, 6) is -0.270. The van der Waals surface area contributed by atoms with E-state index in [1.807, 2.05) is 0 Å². The number of aromatic amines is 1. The monoisotopic (exact) mass is 522 g/mol. The molecule has 2 unspecified atom stereocenters. The van der Waals surface area contributed by atoms with E-state index in [0.29, 0.717) is 0 Å². The number of nitrogens with one attached hydrogen (secondary N) is 2. The third kappa shape index (κ3) is 5.67. The fourth-order valence-corrected chi connectivity index (χ4v) is 6.17. The molecular formula is C10H17N6O13P3. The lowest BCUT2D eigenvalue weighted by atomic mass is 10.1. The van der Waals surface area contributed by atoms with Gasteiger partial charge in [0.25, 0.3) is 5.56 Å². The minimum absolute atomic E-state index is 0.107. The van der Waals surface area contributed by atoms with Gasteiger partial charge in [-0.15, -0.1) is 4.86 Å². The van der Waals surface area contributed by atoms with Crippen molar-refractivity contribution in [2.75, 3.05) is 12.3 Å². The molecule has 1 aliphatic rings. The summed E-state index contributed by atoms with van der Waals surface area (Å²) in [7, 11) is -16.2. The number of fused-ring (bicyclic) bond motifs is 1. The number of nitrogens with two attached hydrogens (primary N) is 1. The van der Waals surface area contributed by atoms with Gasteiger partial charge >= 0.3 is 23.3 Å². The van der Waals surface area contributed by atoms with Crippen molar-refractivity contribution in [3.63, 3.8) is 0 Å². The number of nitrogen functional groups attached to an aromatic ring is 1. The number of ether oxygens (including phenoxy) is 1. The molecule has 19 nitrogen and oxygen atoms in total. The first-order chi connectivity index (χ1) is 14.6. The molecule has 22 heteroatoms. The first kappa shape index (κ1) is 25.1. The molecule has 10 N–H and O–H groups in total. The summed E-state index contributed by atoms with van der Waals surface area (Å²) in [5.41, 5.74) is 4.52. The van der Waals surface area contributed by atoms with Gasteiger partial charge in [0.2, 0.25) is 5.95 Å². The first-order valence-electron chi connectivity index (χ1n) is 8.19. The zero-order chi connectivity index (χ0) is 24.1. The van der Waals surface area contributed by atoms with Gasteiger partial charge in [-0.2, -0.15) is 9.29 Å². The Morgan fingerprint density at radius 1 is 1.22 bits per heavy atom. The molecule has 6 atom stereocenters. The van der Waals surface area contributed by atoms with Crippen molar-refractivity contribution in [3.05, 3.63) is 16.7 Å². The summed E-state index contributed by atoms with van der Waals surface area (Å²) in [5, 5.41) is 20.4. The highest BCUT2D eigenvalue weighted by molar-refractivity contribution is 7.70. The van der Waals surface area contributed by atoms with Crippen molar-refractivity contribution in [2.24, 2.45) is 0 Å². The van der Waals surface area contributed by atoms with Gasteiger partial charge in [-0.05, 0) is 0 Å². The Morgan fingerprint density at radius 2 is 1.88 bits per heavy atom.